The molecule has 0 amide bonds. The second kappa shape index (κ2) is 3.36. The molecule has 0 spiro atoms. The number of fused-ring (bicyclic) bond motifs is 1. The Balaban J connectivity index is 2.44. The Labute approximate surface area is 76.5 Å². The zero-order chi connectivity index (χ0) is 9.26. The molecule has 0 N–H and O–H groups in total. The minimum Gasteiger partial charge on any atom is -0.296 e. The second-order valence-corrected chi connectivity index (χ2v) is 3.54. The molecule has 1 atom stereocenters. The van der Waals surface area contributed by atoms with E-state index in [1.165, 1.54) is 6.42 Å². The van der Waals surface area contributed by atoms with E-state index in [0.29, 0.717) is 6.04 Å². The van der Waals surface area contributed by atoms with Crippen LogP contribution in [-0.2, 0) is 6.42 Å². The maximum absolute atomic E-state index is 11.3. The summed E-state index contributed by atoms with van der Waals surface area (Å²) in [5.41, 5.74) is 0. The van der Waals surface area contributed by atoms with Crippen LogP contribution in [0.5, 0.6) is 0 Å². The molecule has 0 saturated carbocycles. The first-order valence-corrected chi connectivity index (χ1v) is 4.90. The number of aromatic nitrogens is 2. The fraction of sp³-hybridized carbons (Fsp3) is 0.778. The minimum atomic E-state index is -0.288. The highest BCUT2D eigenvalue weighted by Gasteiger charge is 2.21. The topological polar surface area (TPSA) is 48.0 Å². The molecule has 1 aliphatic heterocycles. The highest BCUT2D eigenvalue weighted by molar-refractivity contribution is 4.90. The third-order valence-electron chi connectivity index (χ3n) is 2.73. The van der Waals surface area contributed by atoms with Crippen LogP contribution in [0.2, 0.25) is 0 Å². The summed E-state index contributed by atoms with van der Waals surface area (Å²) in [6.07, 6.45) is 5.23. The van der Waals surface area contributed by atoms with Crippen LogP contribution in [0.15, 0.2) is 9.32 Å². The average Bonchev–Trinajstić information content (AvgIpc) is 2.39. The van der Waals surface area contributed by atoms with Gasteiger partial charge in [-0.2, -0.15) is 0 Å². The lowest BCUT2D eigenvalue weighted by molar-refractivity contribution is 0.350. The van der Waals surface area contributed by atoms with Gasteiger partial charge in [0.15, 0.2) is 5.82 Å². The van der Waals surface area contributed by atoms with Crippen molar-refractivity contribution < 1.29 is 4.52 Å². The van der Waals surface area contributed by atoms with E-state index >= 15 is 0 Å². The van der Waals surface area contributed by atoms with Gasteiger partial charge in [0.25, 0.3) is 0 Å². The first-order valence-electron chi connectivity index (χ1n) is 4.90. The fourth-order valence-corrected chi connectivity index (χ4v) is 1.99. The van der Waals surface area contributed by atoms with Crippen molar-refractivity contribution in [2.75, 3.05) is 0 Å². The van der Waals surface area contributed by atoms with E-state index < -0.39 is 0 Å². The lowest BCUT2D eigenvalue weighted by Crippen LogP contribution is -2.21. The summed E-state index contributed by atoms with van der Waals surface area (Å²) in [5.74, 6) is 0.540. The number of hydrogen-bond acceptors (Lipinski definition) is 3. The van der Waals surface area contributed by atoms with E-state index in [4.69, 9.17) is 0 Å². The van der Waals surface area contributed by atoms with Crippen molar-refractivity contribution in [3.63, 3.8) is 0 Å². The number of rotatable bonds is 1. The number of nitrogens with zero attached hydrogens (tertiary/aromatic N) is 2. The van der Waals surface area contributed by atoms with Gasteiger partial charge in [-0.1, -0.05) is 18.5 Å². The van der Waals surface area contributed by atoms with Gasteiger partial charge in [-0.15, -0.1) is 0 Å². The molecule has 1 aromatic rings. The molecule has 0 radical (unpaired) electrons. The summed E-state index contributed by atoms with van der Waals surface area (Å²) in [5, 5.41) is 3.79. The van der Waals surface area contributed by atoms with Gasteiger partial charge in [0.05, 0.1) is 0 Å². The van der Waals surface area contributed by atoms with Gasteiger partial charge in [-0.05, 0) is 19.3 Å². The van der Waals surface area contributed by atoms with Gasteiger partial charge in [0.1, 0.15) is 0 Å². The van der Waals surface area contributed by atoms with E-state index in [1.807, 2.05) is 0 Å². The van der Waals surface area contributed by atoms with Crippen molar-refractivity contribution in [3.8, 4) is 0 Å². The van der Waals surface area contributed by atoms with Crippen LogP contribution in [0.3, 0.4) is 0 Å². The highest BCUT2D eigenvalue weighted by atomic mass is 16.5. The van der Waals surface area contributed by atoms with Gasteiger partial charge in [0, 0.05) is 12.5 Å². The van der Waals surface area contributed by atoms with E-state index in [9.17, 15) is 4.79 Å². The first kappa shape index (κ1) is 8.53. The molecule has 1 unspecified atom stereocenters. The average molecular weight is 182 g/mol. The Morgan fingerprint density at radius 2 is 2.46 bits per heavy atom. The monoisotopic (exact) mass is 182 g/mol. The van der Waals surface area contributed by atoms with Crippen LogP contribution >= 0.6 is 0 Å². The standard InChI is InChI=1S/C9H14N2O2/c1-2-7-5-3-4-6-8-10-13-9(12)11(7)8/h7H,2-6H2,1H3. The summed E-state index contributed by atoms with van der Waals surface area (Å²) >= 11 is 0. The lowest BCUT2D eigenvalue weighted by atomic mass is 10.1. The first-order chi connectivity index (χ1) is 6.33. The van der Waals surface area contributed by atoms with Crippen molar-refractivity contribution in [1.82, 2.24) is 9.72 Å². The normalized spacial score (nSPS) is 22.4. The van der Waals surface area contributed by atoms with E-state index in [2.05, 4.69) is 16.6 Å². The molecule has 2 heterocycles. The third-order valence-corrected chi connectivity index (χ3v) is 2.73. The van der Waals surface area contributed by atoms with Crippen LogP contribution in [0.25, 0.3) is 0 Å². The van der Waals surface area contributed by atoms with Gasteiger partial charge in [-0.25, -0.2) is 4.79 Å². The number of hydrogen-bond donors (Lipinski definition) is 0. The van der Waals surface area contributed by atoms with Crippen LogP contribution in [0.1, 0.15) is 44.5 Å². The van der Waals surface area contributed by atoms with Crippen LogP contribution in [0.4, 0.5) is 0 Å². The molecule has 0 aromatic carbocycles. The van der Waals surface area contributed by atoms with Crippen molar-refractivity contribution in [1.29, 1.82) is 0 Å². The molecule has 4 heteroatoms. The molecule has 0 fully saturated rings. The second-order valence-electron chi connectivity index (χ2n) is 3.54. The predicted molar refractivity (Wildman–Crippen MR) is 47.6 cm³/mol. The van der Waals surface area contributed by atoms with Gasteiger partial charge in [0.2, 0.25) is 0 Å². The molecule has 0 bridgehead atoms. The van der Waals surface area contributed by atoms with E-state index in [-0.39, 0.29) is 5.76 Å². The quantitative estimate of drug-likeness (QED) is 0.661. The smallest absolute Gasteiger partial charge is 0.296 e. The van der Waals surface area contributed by atoms with Crippen molar-refractivity contribution >= 4 is 0 Å². The molecular weight excluding hydrogens is 168 g/mol. The van der Waals surface area contributed by atoms with Gasteiger partial charge in [-0.3, -0.25) is 9.09 Å². The summed E-state index contributed by atoms with van der Waals surface area (Å²) in [6.45, 7) is 2.10. The van der Waals surface area contributed by atoms with E-state index in [1.54, 1.807) is 4.57 Å². The Kier molecular flexibility index (Phi) is 2.20. The Morgan fingerprint density at radius 3 is 3.23 bits per heavy atom. The van der Waals surface area contributed by atoms with Crippen LogP contribution in [0, 0.1) is 0 Å². The Bertz CT molecular complexity index is 340. The molecule has 13 heavy (non-hydrogen) atoms. The SMILES string of the molecule is CCC1CCCCc2noc(=O)n21. The summed E-state index contributed by atoms with van der Waals surface area (Å²) in [6, 6.07) is 0.302. The number of aryl methyl sites for hydroxylation is 1. The van der Waals surface area contributed by atoms with Gasteiger partial charge < -0.3 is 0 Å². The molecule has 0 aliphatic carbocycles. The molecule has 2 rings (SSSR count). The fourth-order valence-electron chi connectivity index (χ4n) is 1.99. The summed E-state index contributed by atoms with van der Waals surface area (Å²) in [4.78, 5) is 11.3. The lowest BCUT2D eigenvalue weighted by Gasteiger charge is -2.12. The summed E-state index contributed by atoms with van der Waals surface area (Å²) in [7, 11) is 0. The summed E-state index contributed by atoms with van der Waals surface area (Å²) < 4.78 is 6.39. The predicted octanol–water partition coefficient (Wildman–Crippen LogP) is 1.51. The zero-order valence-electron chi connectivity index (χ0n) is 7.82. The van der Waals surface area contributed by atoms with Crippen molar-refractivity contribution in [3.05, 3.63) is 16.4 Å². The minimum absolute atomic E-state index is 0.288. The molecule has 1 aliphatic rings. The molecule has 72 valence electrons. The highest BCUT2D eigenvalue weighted by Crippen LogP contribution is 2.23. The van der Waals surface area contributed by atoms with E-state index in [0.717, 1.165) is 31.5 Å². The zero-order valence-corrected chi connectivity index (χ0v) is 7.82. The van der Waals surface area contributed by atoms with Gasteiger partial charge >= 0.3 is 5.76 Å². The van der Waals surface area contributed by atoms with Crippen LogP contribution < -0.4 is 5.76 Å². The maximum Gasteiger partial charge on any atom is 0.441 e. The van der Waals surface area contributed by atoms with Crippen LogP contribution in [-0.4, -0.2) is 9.72 Å². The largest absolute Gasteiger partial charge is 0.441 e. The molecule has 1 aromatic heterocycles. The molecular formula is C9H14N2O2. The maximum atomic E-state index is 11.3. The Hall–Kier alpha value is -1.06. The molecule has 4 nitrogen and oxygen atoms in total. The van der Waals surface area contributed by atoms with Crippen molar-refractivity contribution in [2.45, 2.75) is 45.1 Å². The molecule has 0 saturated heterocycles. The van der Waals surface area contributed by atoms with Crippen molar-refractivity contribution in [2.24, 2.45) is 0 Å². The third kappa shape index (κ3) is 1.41. The Morgan fingerprint density at radius 1 is 1.62 bits per heavy atom.